The van der Waals surface area contributed by atoms with Gasteiger partial charge in [0.2, 0.25) is 5.91 Å². The first-order valence-electron chi connectivity index (χ1n) is 9.34. The molecule has 7 nitrogen and oxygen atoms in total. The first-order chi connectivity index (χ1) is 12.1. The lowest BCUT2D eigenvalue weighted by Crippen LogP contribution is -2.38. The van der Waals surface area contributed by atoms with E-state index < -0.39 is 9.84 Å². The van der Waals surface area contributed by atoms with Crippen LogP contribution in [0.4, 0.5) is 5.82 Å². The minimum atomic E-state index is -3.01. The smallest absolute Gasteiger partial charge is 0.239 e. The third kappa shape index (κ3) is 6.09. The van der Waals surface area contributed by atoms with Gasteiger partial charge in [-0.05, 0) is 25.2 Å². The fraction of sp³-hybridized carbons (Fsp3) is 0.778. The van der Waals surface area contributed by atoms with Gasteiger partial charge >= 0.3 is 0 Å². The lowest BCUT2D eigenvalue weighted by Gasteiger charge is -2.25. The maximum Gasteiger partial charge on any atom is 0.239 e. The highest BCUT2D eigenvalue weighted by atomic mass is 32.2. The van der Waals surface area contributed by atoms with Gasteiger partial charge in [-0.1, -0.05) is 27.7 Å². The van der Waals surface area contributed by atoms with Crippen LogP contribution in [0, 0.1) is 18.8 Å². The van der Waals surface area contributed by atoms with Crippen LogP contribution >= 0.6 is 0 Å². The second kappa shape index (κ2) is 8.52. The third-order valence-electron chi connectivity index (χ3n) is 4.29. The van der Waals surface area contributed by atoms with Crippen molar-refractivity contribution in [1.29, 1.82) is 0 Å². The van der Waals surface area contributed by atoms with E-state index in [1.165, 1.54) is 0 Å². The fourth-order valence-corrected chi connectivity index (χ4v) is 5.17. The maximum atomic E-state index is 12.6. The van der Waals surface area contributed by atoms with E-state index in [1.54, 1.807) is 10.7 Å². The van der Waals surface area contributed by atoms with E-state index in [2.05, 4.69) is 43.0 Å². The molecule has 1 atom stereocenters. The van der Waals surface area contributed by atoms with Crippen molar-refractivity contribution in [2.45, 2.75) is 47.1 Å². The SMILES string of the molecule is Cc1cc(NC(=O)CN(CC(C)C)CC(C)C)n(C2CCS(=O)(=O)C2)n1. The van der Waals surface area contributed by atoms with Gasteiger partial charge in [-0.2, -0.15) is 5.10 Å². The Balaban J connectivity index is 2.06. The molecule has 0 bridgehead atoms. The average Bonchev–Trinajstić information content (AvgIpc) is 2.99. The number of aromatic nitrogens is 2. The molecule has 0 spiro atoms. The molecule has 8 heteroatoms. The summed E-state index contributed by atoms with van der Waals surface area (Å²) in [6, 6.07) is 1.60. The van der Waals surface area contributed by atoms with E-state index >= 15 is 0 Å². The molecule has 2 heterocycles. The molecule has 0 radical (unpaired) electrons. The summed E-state index contributed by atoms with van der Waals surface area (Å²) < 4.78 is 25.2. The predicted octanol–water partition coefficient (Wildman–Crippen LogP) is 2.10. The number of aryl methyl sites for hydroxylation is 1. The first-order valence-corrected chi connectivity index (χ1v) is 11.2. The van der Waals surface area contributed by atoms with Crippen LogP contribution < -0.4 is 5.32 Å². The van der Waals surface area contributed by atoms with Crippen LogP contribution in [-0.2, 0) is 14.6 Å². The molecular formula is C18H32N4O3S. The van der Waals surface area contributed by atoms with Crippen molar-refractivity contribution in [3.8, 4) is 0 Å². The standard InChI is InChI=1S/C18H32N4O3S/c1-13(2)9-21(10-14(3)4)11-18(23)19-17-8-15(5)20-22(17)16-6-7-26(24,25)12-16/h8,13-14,16H,6-7,9-12H2,1-5H3,(H,19,23). The van der Waals surface area contributed by atoms with Gasteiger partial charge in [-0.25, -0.2) is 13.1 Å². The van der Waals surface area contributed by atoms with Gasteiger partial charge in [-0.15, -0.1) is 0 Å². The summed E-state index contributed by atoms with van der Waals surface area (Å²) in [6.45, 7) is 12.5. The van der Waals surface area contributed by atoms with Gasteiger partial charge in [-0.3, -0.25) is 9.69 Å². The molecule has 1 fully saturated rings. The van der Waals surface area contributed by atoms with E-state index in [0.717, 1.165) is 18.8 Å². The zero-order chi connectivity index (χ0) is 19.5. The highest BCUT2D eigenvalue weighted by Gasteiger charge is 2.31. The number of carbonyl (C=O) groups excluding carboxylic acids is 1. The quantitative estimate of drug-likeness (QED) is 0.742. The van der Waals surface area contributed by atoms with Gasteiger partial charge in [0.1, 0.15) is 5.82 Å². The van der Waals surface area contributed by atoms with Crippen LogP contribution in [0.5, 0.6) is 0 Å². The summed E-state index contributed by atoms with van der Waals surface area (Å²) in [4.78, 5) is 14.7. The summed E-state index contributed by atoms with van der Waals surface area (Å²) in [5.74, 6) is 1.73. The molecule has 1 aliphatic heterocycles. The van der Waals surface area contributed by atoms with Crippen molar-refractivity contribution < 1.29 is 13.2 Å². The topological polar surface area (TPSA) is 84.3 Å². The van der Waals surface area contributed by atoms with E-state index in [9.17, 15) is 13.2 Å². The minimum absolute atomic E-state index is 0.0871. The normalized spacial score (nSPS) is 19.6. The zero-order valence-corrected chi connectivity index (χ0v) is 17.3. The van der Waals surface area contributed by atoms with Crippen molar-refractivity contribution in [2.24, 2.45) is 11.8 Å². The second-order valence-electron chi connectivity index (χ2n) is 8.20. The van der Waals surface area contributed by atoms with E-state index in [4.69, 9.17) is 0 Å². The van der Waals surface area contributed by atoms with Gasteiger partial charge in [0.15, 0.2) is 9.84 Å². The molecule has 148 valence electrons. The summed E-state index contributed by atoms with van der Waals surface area (Å²) in [6.07, 6.45) is 0.541. The lowest BCUT2D eigenvalue weighted by molar-refractivity contribution is -0.117. The second-order valence-corrected chi connectivity index (χ2v) is 10.4. The summed E-state index contributed by atoms with van der Waals surface area (Å²) in [7, 11) is -3.01. The molecule has 1 aromatic heterocycles. The Hall–Kier alpha value is -1.41. The van der Waals surface area contributed by atoms with E-state index in [-0.39, 0.29) is 23.5 Å². The van der Waals surface area contributed by atoms with Crippen molar-refractivity contribution >= 4 is 21.6 Å². The zero-order valence-electron chi connectivity index (χ0n) is 16.5. The van der Waals surface area contributed by atoms with Gasteiger partial charge in [0, 0.05) is 19.2 Å². The van der Waals surface area contributed by atoms with Crippen LogP contribution in [-0.4, -0.2) is 60.1 Å². The van der Waals surface area contributed by atoms with Gasteiger partial charge in [0.05, 0.1) is 29.8 Å². The number of nitrogens with one attached hydrogen (secondary N) is 1. The summed E-state index contributed by atoms with van der Waals surface area (Å²) >= 11 is 0. The molecule has 26 heavy (non-hydrogen) atoms. The number of nitrogens with zero attached hydrogens (tertiary/aromatic N) is 3. The Bertz CT molecular complexity index is 715. The molecular weight excluding hydrogens is 352 g/mol. The monoisotopic (exact) mass is 384 g/mol. The Morgan fingerprint density at radius 1 is 1.31 bits per heavy atom. The number of carbonyl (C=O) groups is 1. The minimum Gasteiger partial charge on any atom is -0.310 e. The highest BCUT2D eigenvalue weighted by Crippen LogP contribution is 2.27. The molecule has 1 unspecified atom stereocenters. The number of hydrogen-bond donors (Lipinski definition) is 1. The molecule has 1 aromatic rings. The molecule has 1 saturated heterocycles. The highest BCUT2D eigenvalue weighted by molar-refractivity contribution is 7.91. The molecule has 1 N–H and O–H groups in total. The van der Waals surface area contributed by atoms with Crippen molar-refractivity contribution in [2.75, 3.05) is 36.5 Å². The van der Waals surface area contributed by atoms with Crippen molar-refractivity contribution in [1.82, 2.24) is 14.7 Å². The fourth-order valence-electron chi connectivity index (χ4n) is 3.48. The molecule has 0 aromatic carbocycles. The Morgan fingerprint density at radius 3 is 2.42 bits per heavy atom. The van der Waals surface area contributed by atoms with E-state index in [1.807, 2.05) is 6.92 Å². The predicted molar refractivity (Wildman–Crippen MR) is 104 cm³/mol. The average molecular weight is 385 g/mol. The van der Waals surface area contributed by atoms with Crippen LogP contribution in [0.1, 0.15) is 45.9 Å². The molecule has 1 aliphatic rings. The molecule has 1 amide bonds. The Kier molecular flexibility index (Phi) is 6.85. The maximum absolute atomic E-state index is 12.6. The first kappa shape index (κ1) is 20.9. The van der Waals surface area contributed by atoms with Crippen LogP contribution in [0.25, 0.3) is 0 Å². The number of anilines is 1. The third-order valence-corrected chi connectivity index (χ3v) is 6.04. The van der Waals surface area contributed by atoms with Crippen LogP contribution in [0.3, 0.4) is 0 Å². The van der Waals surface area contributed by atoms with Crippen molar-refractivity contribution in [3.05, 3.63) is 11.8 Å². The number of rotatable bonds is 8. The summed E-state index contributed by atoms with van der Waals surface area (Å²) in [5, 5.41) is 7.35. The van der Waals surface area contributed by atoms with Crippen molar-refractivity contribution in [3.63, 3.8) is 0 Å². The van der Waals surface area contributed by atoms with Crippen LogP contribution in [0.15, 0.2) is 6.07 Å². The molecule has 2 rings (SSSR count). The largest absolute Gasteiger partial charge is 0.310 e. The Morgan fingerprint density at radius 2 is 1.92 bits per heavy atom. The summed E-state index contributed by atoms with van der Waals surface area (Å²) in [5.41, 5.74) is 0.769. The number of amides is 1. The van der Waals surface area contributed by atoms with Crippen LogP contribution in [0.2, 0.25) is 0 Å². The molecule has 0 aliphatic carbocycles. The van der Waals surface area contributed by atoms with E-state index in [0.29, 0.717) is 30.6 Å². The van der Waals surface area contributed by atoms with Gasteiger partial charge in [0.25, 0.3) is 0 Å². The Labute approximate surface area is 157 Å². The number of sulfone groups is 1. The number of hydrogen-bond acceptors (Lipinski definition) is 5. The lowest BCUT2D eigenvalue weighted by atomic mass is 10.1. The molecule has 0 saturated carbocycles. The van der Waals surface area contributed by atoms with Gasteiger partial charge < -0.3 is 5.32 Å².